The van der Waals surface area contributed by atoms with Crippen molar-refractivity contribution in [3.8, 4) is 23.0 Å². The molecule has 0 heterocycles. The lowest BCUT2D eigenvalue weighted by Gasteiger charge is -2.01. The van der Waals surface area contributed by atoms with E-state index in [1.165, 1.54) is 6.07 Å². The lowest BCUT2D eigenvalue weighted by atomic mass is 10.1. The minimum atomic E-state index is -0.0753. The second kappa shape index (κ2) is 6.38. The summed E-state index contributed by atoms with van der Waals surface area (Å²) in [6.07, 6.45) is 0. The van der Waals surface area contributed by atoms with Crippen LogP contribution in [-0.2, 0) is 0 Å². The van der Waals surface area contributed by atoms with Gasteiger partial charge in [-0.1, -0.05) is 54.6 Å². The van der Waals surface area contributed by atoms with Gasteiger partial charge in [0.15, 0.2) is 11.5 Å². The molecule has 0 aliphatic carbocycles. The summed E-state index contributed by atoms with van der Waals surface area (Å²) < 4.78 is 0. The number of phenols is 4. The van der Waals surface area contributed by atoms with Crippen LogP contribution in [0.2, 0.25) is 0 Å². The van der Waals surface area contributed by atoms with Crippen LogP contribution >= 0.6 is 0 Å². The Hall–Kier alpha value is -3.40. The Morgan fingerprint density at radius 3 is 1.67 bits per heavy atom. The minimum Gasteiger partial charge on any atom is -0.507 e. The van der Waals surface area contributed by atoms with Crippen LogP contribution in [0.1, 0.15) is 0 Å². The third kappa shape index (κ3) is 2.90. The number of benzene rings is 4. The fraction of sp³-hybridized carbons (Fsp3) is 0. The van der Waals surface area contributed by atoms with Crippen LogP contribution in [0.5, 0.6) is 23.0 Å². The SMILES string of the molecule is Oc1ccc2ccccc2c1O.Oc1cccc2cccc(O)c12. The molecule has 0 unspecified atom stereocenters. The quantitative estimate of drug-likeness (QED) is 0.360. The Bertz CT molecular complexity index is 972. The summed E-state index contributed by atoms with van der Waals surface area (Å²) >= 11 is 0. The summed E-state index contributed by atoms with van der Waals surface area (Å²) in [7, 11) is 0. The van der Waals surface area contributed by atoms with Crippen molar-refractivity contribution in [2.45, 2.75) is 0 Å². The van der Waals surface area contributed by atoms with Crippen LogP contribution in [0, 0.1) is 0 Å². The van der Waals surface area contributed by atoms with E-state index in [9.17, 15) is 15.3 Å². The van der Waals surface area contributed by atoms with Crippen molar-refractivity contribution in [1.82, 2.24) is 0 Å². The Kier molecular flexibility index (Phi) is 4.12. The third-order valence-corrected chi connectivity index (χ3v) is 3.74. The summed E-state index contributed by atoms with van der Waals surface area (Å²) in [6.45, 7) is 0. The summed E-state index contributed by atoms with van der Waals surface area (Å²) in [5.74, 6) is 0.109. The van der Waals surface area contributed by atoms with Crippen LogP contribution in [0.4, 0.5) is 0 Å². The van der Waals surface area contributed by atoms with Crippen molar-refractivity contribution in [3.05, 3.63) is 72.8 Å². The first-order valence-corrected chi connectivity index (χ1v) is 7.37. The summed E-state index contributed by atoms with van der Waals surface area (Å²) in [5.41, 5.74) is 0. The molecule has 0 bridgehead atoms. The van der Waals surface area contributed by atoms with Gasteiger partial charge in [-0.3, -0.25) is 0 Å². The highest BCUT2D eigenvalue weighted by Crippen LogP contribution is 2.33. The monoisotopic (exact) mass is 320 g/mol. The minimum absolute atomic E-state index is 0.0481. The molecule has 4 aromatic carbocycles. The Balaban J connectivity index is 0.000000141. The first-order chi connectivity index (χ1) is 11.6. The van der Waals surface area contributed by atoms with Crippen molar-refractivity contribution in [3.63, 3.8) is 0 Å². The number of hydrogen-bond acceptors (Lipinski definition) is 4. The molecule has 0 spiro atoms. The van der Waals surface area contributed by atoms with E-state index in [-0.39, 0.29) is 23.0 Å². The lowest BCUT2D eigenvalue weighted by molar-refractivity contribution is 0.408. The first-order valence-electron chi connectivity index (χ1n) is 7.37. The number of aromatic hydroxyl groups is 4. The van der Waals surface area contributed by atoms with Gasteiger partial charge in [0.1, 0.15) is 11.5 Å². The number of hydrogen-bond donors (Lipinski definition) is 4. The molecule has 24 heavy (non-hydrogen) atoms. The van der Waals surface area contributed by atoms with Gasteiger partial charge < -0.3 is 20.4 Å². The first kappa shape index (κ1) is 15.5. The van der Waals surface area contributed by atoms with Crippen molar-refractivity contribution in [2.24, 2.45) is 0 Å². The molecule has 120 valence electrons. The zero-order valence-corrected chi connectivity index (χ0v) is 12.7. The third-order valence-electron chi connectivity index (χ3n) is 3.74. The molecule has 0 aromatic heterocycles. The van der Waals surface area contributed by atoms with Gasteiger partial charge in [-0.15, -0.1) is 0 Å². The van der Waals surface area contributed by atoms with Gasteiger partial charge in [-0.05, 0) is 29.0 Å². The Labute approximate surface area is 138 Å². The number of fused-ring (bicyclic) bond motifs is 2. The molecule has 4 rings (SSSR count). The fourth-order valence-electron chi connectivity index (χ4n) is 2.55. The van der Waals surface area contributed by atoms with E-state index in [1.807, 2.05) is 30.3 Å². The average Bonchev–Trinajstić information content (AvgIpc) is 2.59. The molecule has 4 aromatic rings. The molecule has 4 N–H and O–H groups in total. The van der Waals surface area contributed by atoms with Crippen LogP contribution in [-0.4, -0.2) is 20.4 Å². The van der Waals surface area contributed by atoms with E-state index in [0.29, 0.717) is 10.8 Å². The van der Waals surface area contributed by atoms with E-state index >= 15 is 0 Å². The standard InChI is InChI=1S/2C10H8O2/c11-8-5-1-3-7-4-2-6-9(12)10(7)8;11-9-6-5-7-3-1-2-4-8(7)10(9)12/h2*1-6,11-12H. The van der Waals surface area contributed by atoms with Gasteiger partial charge in [0.05, 0.1) is 5.39 Å². The Morgan fingerprint density at radius 1 is 0.458 bits per heavy atom. The van der Waals surface area contributed by atoms with E-state index < -0.39 is 0 Å². The average molecular weight is 320 g/mol. The van der Waals surface area contributed by atoms with E-state index in [1.54, 1.807) is 36.4 Å². The fourth-order valence-corrected chi connectivity index (χ4v) is 2.55. The van der Waals surface area contributed by atoms with Crippen LogP contribution in [0.25, 0.3) is 21.5 Å². The molecule has 0 saturated carbocycles. The summed E-state index contributed by atoms with van der Waals surface area (Å²) in [6, 6.07) is 20.9. The van der Waals surface area contributed by atoms with Gasteiger partial charge in [0, 0.05) is 5.39 Å². The molecule has 4 heteroatoms. The smallest absolute Gasteiger partial charge is 0.165 e. The number of phenolic OH excluding ortho intramolecular Hbond substituents is 4. The Morgan fingerprint density at radius 2 is 1.04 bits per heavy atom. The van der Waals surface area contributed by atoms with Gasteiger partial charge >= 0.3 is 0 Å². The zero-order chi connectivity index (χ0) is 17.1. The highest BCUT2D eigenvalue weighted by atomic mass is 16.3. The van der Waals surface area contributed by atoms with Crippen LogP contribution in [0.15, 0.2) is 72.8 Å². The van der Waals surface area contributed by atoms with Crippen molar-refractivity contribution < 1.29 is 20.4 Å². The van der Waals surface area contributed by atoms with Crippen molar-refractivity contribution in [2.75, 3.05) is 0 Å². The molecule has 0 atom stereocenters. The van der Waals surface area contributed by atoms with Gasteiger partial charge in [0.25, 0.3) is 0 Å². The van der Waals surface area contributed by atoms with Crippen LogP contribution in [0.3, 0.4) is 0 Å². The maximum absolute atomic E-state index is 9.41. The largest absolute Gasteiger partial charge is 0.507 e. The zero-order valence-electron chi connectivity index (χ0n) is 12.7. The second-order valence-electron chi connectivity index (χ2n) is 5.31. The summed E-state index contributed by atoms with van der Waals surface area (Å²) in [4.78, 5) is 0. The molecular weight excluding hydrogens is 304 g/mol. The summed E-state index contributed by atoms with van der Waals surface area (Å²) in [5, 5.41) is 40.3. The second-order valence-corrected chi connectivity index (χ2v) is 5.31. The predicted octanol–water partition coefficient (Wildman–Crippen LogP) is 4.50. The highest BCUT2D eigenvalue weighted by Gasteiger charge is 2.03. The van der Waals surface area contributed by atoms with E-state index in [4.69, 9.17) is 5.11 Å². The van der Waals surface area contributed by atoms with Gasteiger partial charge in [-0.2, -0.15) is 0 Å². The van der Waals surface area contributed by atoms with Gasteiger partial charge in [0.2, 0.25) is 0 Å². The normalized spacial score (nSPS) is 10.3. The molecule has 4 nitrogen and oxygen atoms in total. The van der Waals surface area contributed by atoms with Gasteiger partial charge in [-0.25, -0.2) is 0 Å². The molecule has 0 radical (unpaired) electrons. The van der Waals surface area contributed by atoms with E-state index in [0.717, 1.165) is 10.8 Å². The maximum Gasteiger partial charge on any atom is 0.165 e. The molecule has 0 amide bonds. The maximum atomic E-state index is 9.41. The molecule has 0 fully saturated rings. The van der Waals surface area contributed by atoms with E-state index in [2.05, 4.69) is 0 Å². The molecule has 0 aliphatic heterocycles. The topological polar surface area (TPSA) is 80.9 Å². The van der Waals surface area contributed by atoms with Crippen LogP contribution < -0.4 is 0 Å². The predicted molar refractivity (Wildman–Crippen MR) is 94.6 cm³/mol. The van der Waals surface area contributed by atoms with Crippen molar-refractivity contribution in [1.29, 1.82) is 0 Å². The lowest BCUT2D eigenvalue weighted by Crippen LogP contribution is -1.73. The molecule has 0 aliphatic rings. The highest BCUT2D eigenvalue weighted by molar-refractivity contribution is 5.93. The number of rotatable bonds is 0. The van der Waals surface area contributed by atoms with Crippen molar-refractivity contribution >= 4 is 21.5 Å². The molecular formula is C20H16O4. The molecule has 0 saturated heterocycles.